The number of aromatic nitrogens is 2. The van der Waals surface area contributed by atoms with Gasteiger partial charge < -0.3 is 10.1 Å². The number of hydrogen-bond donors (Lipinski definition) is 1. The van der Waals surface area contributed by atoms with Gasteiger partial charge in [-0.15, -0.1) is 0 Å². The maximum absolute atomic E-state index is 14.0. The van der Waals surface area contributed by atoms with E-state index in [0.29, 0.717) is 29.4 Å². The number of halogens is 3. The molecule has 0 fully saturated rings. The van der Waals surface area contributed by atoms with Gasteiger partial charge >= 0.3 is 0 Å². The van der Waals surface area contributed by atoms with E-state index in [1.54, 1.807) is 18.8 Å². The molecule has 21 heavy (non-hydrogen) atoms. The van der Waals surface area contributed by atoms with E-state index in [-0.39, 0.29) is 0 Å². The predicted molar refractivity (Wildman–Crippen MR) is 76.4 cm³/mol. The van der Waals surface area contributed by atoms with E-state index >= 15 is 0 Å². The Kier molecular flexibility index (Phi) is 5.27. The Balaban J connectivity index is 2.43. The maximum atomic E-state index is 14.0. The molecule has 0 saturated heterocycles. The molecule has 7 heteroatoms. The van der Waals surface area contributed by atoms with E-state index in [0.717, 1.165) is 6.07 Å². The summed E-state index contributed by atoms with van der Waals surface area (Å²) in [5.74, 6) is -1.25. The van der Waals surface area contributed by atoms with Crippen molar-refractivity contribution in [1.29, 1.82) is 0 Å². The van der Waals surface area contributed by atoms with Crippen molar-refractivity contribution in [3.63, 3.8) is 0 Å². The van der Waals surface area contributed by atoms with Gasteiger partial charge in [-0.1, -0.05) is 17.7 Å². The van der Waals surface area contributed by atoms with Crippen LogP contribution in [0.25, 0.3) is 0 Å². The Labute approximate surface area is 126 Å². The van der Waals surface area contributed by atoms with Crippen molar-refractivity contribution in [2.24, 2.45) is 0 Å². The summed E-state index contributed by atoms with van der Waals surface area (Å²) in [6.07, 6.45) is 1.50. The van der Waals surface area contributed by atoms with Crippen LogP contribution in [0.5, 0.6) is 0 Å². The zero-order chi connectivity index (χ0) is 15.4. The molecule has 4 nitrogen and oxygen atoms in total. The quantitative estimate of drug-likeness (QED) is 0.891. The first-order chi connectivity index (χ1) is 10.1. The smallest absolute Gasteiger partial charge is 0.131 e. The summed E-state index contributed by atoms with van der Waals surface area (Å²) in [6, 6.07) is 2.93. The first-order valence-corrected chi connectivity index (χ1v) is 6.78. The van der Waals surface area contributed by atoms with E-state index in [4.69, 9.17) is 16.3 Å². The van der Waals surface area contributed by atoms with E-state index in [1.807, 2.05) is 0 Å². The van der Waals surface area contributed by atoms with E-state index in [1.165, 1.54) is 18.3 Å². The topological polar surface area (TPSA) is 39.1 Å². The fourth-order valence-corrected chi connectivity index (χ4v) is 2.44. The molecule has 1 aromatic heterocycles. The molecule has 1 N–H and O–H groups in total. The summed E-state index contributed by atoms with van der Waals surface area (Å²) in [5.41, 5.74) is 0.918. The van der Waals surface area contributed by atoms with Crippen molar-refractivity contribution >= 4 is 11.6 Å². The van der Waals surface area contributed by atoms with Crippen molar-refractivity contribution in [1.82, 2.24) is 15.1 Å². The molecular formula is C14H16ClF2N3O. The number of methoxy groups -OCH3 is 1. The third kappa shape index (κ3) is 3.40. The van der Waals surface area contributed by atoms with Crippen LogP contribution in [0.1, 0.15) is 17.3 Å². The summed E-state index contributed by atoms with van der Waals surface area (Å²) in [6.45, 7) is 0.937. The normalized spacial score (nSPS) is 12.6. The molecule has 0 aliphatic heterocycles. The Morgan fingerprint density at radius 1 is 1.43 bits per heavy atom. The van der Waals surface area contributed by atoms with Gasteiger partial charge in [0.05, 0.1) is 36.1 Å². The molecule has 0 radical (unpaired) electrons. The Bertz CT molecular complexity index is 618. The zero-order valence-corrected chi connectivity index (χ0v) is 12.5. The Hall–Kier alpha value is -1.50. The highest BCUT2D eigenvalue weighted by molar-refractivity contribution is 6.31. The van der Waals surface area contributed by atoms with Crippen molar-refractivity contribution in [3.8, 4) is 0 Å². The molecule has 1 aromatic carbocycles. The first-order valence-electron chi connectivity index (χ1n) is 6.40. The van der Waals surface area contributed by atoms with Gasteiger partial charge in [-0.2, -0.15) is 5.10 Å². The second-order valence-electron chi connectivity index (χ2n) is 4.48. The molecular weight excluding hydrogens is 300 g/mol. The number of hydrogen-bond acceptors (Lipinski definition) is 3. The van der Waals surface area contributed by atoms with Crippen molar-refractivity contribution < 1.29 is 13.5 Å². The van der Waals surface area contributed by atoms with Crippen LogP contribution in [-0.4, -0.2) is 30.5 Å². The minimum atomic E-state index is -0.634. The van der Waals surface area contributed by atoms with Crippen LogP contribution in [0.15, 0.2) is 24.4 Å². The van der Waals surface area contributed by atoms with E-state index in [2.05, 4.69) is 10.4 Å². The molecule has 0 amide bonds. The van der Waals surface area contributed by atoms with Gasteiger partial charge in [-0.25, -0.2) is 8.78 Å². The molecule has 114 valence electrons. The summed E-state index contributed by atoms with van der Waals surface area (Å²) in [4.78, 5) is 0. The van der Waals surface area contributed by atoms with Gasteiger partial charge in [0, 0.05) is 18.7 Å². The van der Waals surface area contributed by atoms with Gasteiger partial charge in [0.15, 0.2) is 0 Å². The lowest BCUT2D eigenvalue weighted by molar-refractivity contribution is 0.182. The van der Waals surface area contributed by atoms with Gasteiger partial charge in [0.1, 0.15) is 11.6 Å². The average molecular weight is 316 g/mol. The fourth-order valence-electron chi connectivity index (χ4n) is 2.19. The SMILES string of the molecule is CNC(c1ccc(F)cc1F)c1c(Cl)cnn1CCOC. The fraction of sp³-hybridized carbons (Fsp3) is 0.357. The van der Waals surface area contributed by atoms with Crippen molar-refractivity contribution in [3.05, 3.63) is 52.3 Å². The van der Waals surface area contributed by atoms with Gasteiger partial charge in [0.2, 0.25) is 0 Å². The van der Waals surface area contributed by atoms with Crippen LogP contribution in [0.3, 0.4) is 0 Å². The van der Waals surface area contributed by atoms with Crippen LogP contribution in [-0.2, 0) is 11.3 Å². The van der Waals surface area contributed by atoms with Gasteiger partial charge in [-0.3, -0.25) is 4.68 Å². The second-order valence-corrected chi connectivity index (χ2v) is 4.89. The van der Waals surface area contributed by atoms with Crippen LogP contribution in [0, 0.1) is 11.6 Å². The van der Waals surface area contributed by atoms with Crippen molar-refractivity contribution in [2.75, 3.05) is 20.8 Å². The maximum Gasteiger partial charge on any atom is 0.131 e. The number of nitrogens with zero attached hydrogens (tertiary/aromatic N) is 2. The highest BCUT2D eigenvalue weighted by Crippen LogP contribution is 2.29. The molecule has 0 aliphatic carbocycles. The molecule has 1 heterocycles. The third-order valence-corrected chi connectivity index (χ3v) is 3.47. The summed E-state index contributed by atoms with van der Waals surface area (Å²) in [5, 5.41) is 7.56. The van der Waals surface area contributed by atoms with E-state index in [9.17, 15) is 8.78 Å². The number of nitrogens with one attached hydrogen (secondary N) is 1. The summed E-state index contributed by atoms with van der Waals surface area (Å²) >= 11 is 6.17. The zero-order valence-electron chi connectivity index (χ0n) is 11.7. The van der Waals surface area contributed by atoms with Gasteiger partial charge in [-0.05, 0) is 13.1 Å². The molecule has 0 aliphatic rings. The molecule has 2 rings (SSSR count). The molecule has 0 bridgehead atoms. The minimum Gasteiger partial charge on any atom is -0.383 e. The first kappa shape index (κ1) is 15.9. The van der Waals surface area contributed by atoms with Gasteiger partial charge in [0.25, 0.3) is 0 Å². The lowest BCUT2D eigenvalue weighted by Crippen LogP contribution is -2.24. The predicted octanol–water partition coefficient (Wildman–Crippen LogP) is 2.77. The molecule has 1 unspecified atom stereocenters. The summed E-state index contributed by atoms with van der Waals surface area (Å²) in [7, 11) is 3.26. The highest BCUT2D eigenvalue weighted by Gasteiger charge is 2.23. The minimum absolute atomic E-state index is 0.306. The molecule has 2 aromatic rings. The molecule has 1 atom stereocenters. The molecule has 0 spiro atoms. The van der Waals surface area contributed by atoms with E-state index < -0.39 is 17.7 Å². The third-order valence-electron chi connectivity index (χ3n) is 3.18. The van der Waals surface area contributed by atoms with Crippen LogP contribution >= 0.6 is 11.6 Å². The lowest BCUT2D eigenvalue weighted by Gasteiger charge is -2.19. The standard InChI is InChI=1S/C14H16ClF2N3O/c1-18-13(10-4-3-9(16)7-12(10)17)14-11(15)8-19-20(14)5-6-21-2/h3-4,7-8,13,18H,5-6H2,1-2H3. The largest absolute Gasteiger partial charge is 0.383 e. The highest BCUT2D eigenvalue weighted by atomic mass is 35.5. The number of ether oxygens (including phenoxy) is 1. The Morgan fingerprint density at radius 2 is 2.19 bits per heavy atom. The number of benzene rings is 1. The number of rotatable bonds is 6. The van der Waals surface area contributed by atoms with Crippen LogP contribution < -0.4 is 5.32 Å². The summed E-state index contributed by atoms with van der Waals surface area (Å²) < 4.78 is 33.7. The second kappa shape index (κ2) is 6.98. The van der Waals surface area contributed by atoms with Crippen molar-refractivity contribution in [2.45, 2.75) is 12.6 Å². The van der Waals surface area contributed by atoms with Crippen LogP contribution in [0.2, 0.25) is 5.02 Å². The average Bonchev–Trinajstić information content (AvgIpc) is 2.81. The van der Waals surface area contributed by atoms with Crippen LogP contribution in [0.4, 0.5) is 8.78 Å². The molecule has 0 saturated carbocycles. The lowest BCUT2D eigenvalue weighted by atomic mass is 10.0. The monoisotopic (exact) mass is 315 g/mol. The Morgan fingerprint density at radius 3 is 2.81 bits per heavy atom.